The van der Waals surface area contributed by atoms with Gasteiger partial charge in [-0.25, -0.2) is 4.79 Å². The third-order valence-corrected chi connectivity index (χ3v) is 2.65. The molecule has 0 aromatic heterocycles. The van der Waals surface area contributed by atoms with Crippen LogP contribution in [-0.2, 0) is 9.53 Å². The van der Waals surface area contributed by atoms with Crippen molar-refractivity contribution in [1.82, 2.24) is 5.32 Å². The van der Waals surface area contributed by atoms with Crippen molar-refractivity contribution < 1.29 is 14.6 Å². The molecule has 2 aliphatic rings. The molecule has 1 atom stereocenters. The molecule has 0 aromatic carbocycles. The number of rotatable bonds is 3. The number of aliphatic carboxylic acids is 1. The zero-order valence-electron chi connectivity index (χ0n) is 7.58. The van der Waals surface area contributed by atoms with Gasteiger partial charge in [-0.1, -0.05) is 0 Å². The molecule has 13 heavy (non-hydrogen) atoms. The highest BCUT2D eigenvalue weighted by Gasteiger charge is 2.45. The zero-order chi connectivity index (χ0) is 9.31. The van der Waals surface area contributed by atoms with Gasteiger partial charge in [-0.05, 0) is 32.2 Å². The molecule has 0 spiro atoms. The molecule has 1 saturated carbocycles. The van der Waals surface area contributed by atoms with Gasteiger partial charge in [-0.2, -0.15) is 0 Å². The van der Waals surface area contributed by atoms with Gasteiger partial charge in [0.25, 0.3) is 0 Å². The van der Waals surface area contributed by atoms with Crippen LogP contribution >= 0.6 is 0 Å². The van der Waals surface area contributed by atoms with Crippen molar-refractivity contribution in [1.29, 1.82) is 0 Å². The Morgan fingerprint density at radius 1 is 1.54 bits per heavy atom. The average molecular weight is 185 g/mol. The number of carbonyl (C=O) groups is 1. The lowest BCUT2D eigenvalue weighted by Crippen LogP contribution is -2.53. The highest BCUT2D eigenvalue weighted by atomic mass is 16.5. The van der Waals surface area contributed by atoms with E-state index in [1.54, 1.807) is 0 Å². The Balaban J connectivity index is 2.02. The predicted octanol–water partition coefficient (Wildman–Crippen LogP) is 0.372. The van der Waals surface area contributed by atoms with Gasteiger partial charge in [0.2, 0.25) is 0 Å². The number of hydrogen-bond donors (Lipinski definition) is 2. The van der Waals surface area contributed by atoms with Gasteiger partial charge >= 0.3 is 5.97 Å². The van der Waals surface area contributed by atoms with E-state index in [9.17, 15) is 4.79 Å². The Labute approximate surface area is 77.3 Å². The van der Waals surface area contributed by atoms with Crippen LogP contribution in [0.2, 0.25) is 0 Å². The van der Waals surface area contributed by atoms with Crippen LogP contribution in [0.4, 0.5) is 0 Å². The molecule has 1 aliphatic carbocycles. The number of carboxylic acid groups (broad SMARTS) is 1. The Morgan fingerprint density at radius 3 is 2.77 bits per heavy atom. The highest BCUT2D eigenvalue weighted by molar-refractivity contribution is 5.78. The number of ether oxygens (including phenoxy) is 1. The zero-order valence-corrected chi connectivity index (χ0v) is 7.58. The van der Waals surface area contributed by atoms with E-state index in [-0.39, 0.29) is 6.10 Å². The Hall–Kier alpha value is -0.610. The van der Waals surface area contributed by atoms with Crippen LogP contribution in [0, 0.1) is 0 Å². The van der Waals surface area contributed by atoms with Gasteiger partial charge in [-0.15, -0.1) is 0 Å². The van der Waals surface area contributed by atoms with E-state index in [1.807, 2.05) is 0 Å². The van der Waals surface area contributed by atoms with E-state index in [1.165, 1.54) is 0 Å². The van der Waals surface area contributed by atoms with Gasteiger partial charge in [0.15, 0.2) is 5.60 Å². The molecular weight excluding hydrogens is 170 g/mol. The summed E-state index contributed by atoms with van der Waals surface area (Å²) in [4.78, 5) is 11.1. The summed E-state index contributed by atoms with van der Waals surface area (Å²) in [5.41, 5.74) is -0.931. The fourth-order valence-electron chi connectivity index (χ4n) is 1.72. The summed E-state index contributed by atoms with van der Waals surface area (Å²) < 4.78 is 5.59. The minimum absolute atomic E-state index is 0.205. The van der Waals surface area contributed by atoms with E-state index in [4.69, 9.17) is 9.84 Å². The molecule has 2 N–H and O–H groups in total. The molecule has 1 saturated heterocycles. The first-order valence-electron chi connectivity index (χ1n) is 4.85. The molecule has 0 bridgehead atoms. The van der Waals surface area contributed by atoms with E-state index < -0.39 is 11.6 Å². The standard InChI is InChI=1S/C9H15NO3/c11-8(12)9(13-7-2-3-7)4-1-5-10-6-9/h7,10H,1-6H2,(H,11,12). The molecule has 0 radical (unpaired) electrons. The number of carboxylic acids is 1. The van der Waals surface area contributed by atoms with Gasteiger partial charge < -0.3 is 15.2 Å². The summed E-state index contributed by atoms with van der Waals surface area (Å²) in [5, 5.41) is 12.2. The van der Waals surface area contributed by atoms with Crippen LogP contribution in [0.1, 0.15) is 25.7 Å². The number of hydrogen-bond acceptors (Lipinski definition) is 3. The number of piperidine rings is 1. The molecule has 0 amide bonds. The van der Waals surface area contributed by atoms with Crippen molar-refractivity contribution in [3.8, 4) is 0 Å². The second kappa shape index (κ2) is 3.27. The van der Waals surface area contributed by atoms with E-state index in [0.29, 0.717) is 13.0 Å². The van der Waals surface area contributed by atoms with E-state index in [0.717, 1.165) is 25.8 Å². The maximum atomic E-state index is 11.1. The normalized spacial score (nSPS) is 34.5. The second-order valence-corrected chi connectivity index (χ2v) is 3.90. The fourth-order valence-corrected chi connectivity index (χ4v) is 1.72. The van der Waals surface area contributed by atoms with Gasteiger partial charge in [0, 0.05) is 6.54 Å². The first kappa shape index (κ1) is 8.97. The van der Waals surface area contributed by atoms with E-state index >= 15 is 0 Å². The van der Waals surface area contributed by atoms with Crippen LogP contribution in [-0.4, -0.2) is 35.9 Å². The SMILES string of the molecule is O=C(O)C1(OC2CC2)CCCNC1. The molecular formula is C9H15NO3. The van der Waals surface area contributed by atoms with Crippen molar-refractivity contribution in [3.05, 3.63) is 0 Å². The van der Waals surface area contributed by atoms with Crippen LogP contribution in [0.5, 0.6) is 0 Å². The summed E-state index contributed by atoms with van der Waals surface area (Å²) >= 11 is 0. The third kappa shape index (κ3) is 1.84. The maximum absolute atomic E-state index is 11.1. The molecule has 4 nitrogen and oxygen atoms in total. The van der Waals surface area contributed by atoms with Crippen LogP contribution in [0.3, 0.4) is 0 Å². The second-order valence-electron chi connectivity index (χ2n) is 3.90. The smallest absolute Gasteiger partial charge is 0.337 e. The molecule has 1 unspecified atom stereocenters. The summed E-state index contributed by atoms with van der Waals surface area (Å²) in [6.45, 7) is 1.36. The van der Waals surface area contributed by atoms with Gasteiger partial charge in [-0.3, -0.25) is 0 Å². The quantitative estimate of drug-likeness (QED) is 0.667. The minimum Gasteiger partial charge on any atom is -0.479 e. The van der Waals surface area contributed by atoms with Crippen LogP contribution in [0.25, 0.3) is 0 Å². The predicted molar refractivity (Wildman–Crippen MR) is 46.6 cm³/mol. The molecule has 74 valence electrons. The molecule has 1 aliphatic heterocycles. The Morgan fingerprint density at radius 2 is 2.31 bits per heavy atom. The van der Waals surface area contributed by atoms with Crippen LogP contribution < -0.4 is 5.32 Å². The van der Waals surface area contributed by atoms with Crippen molar-refractivity contribution in [3.63, 3.8) is 0 Å². The van der Waals surface area contributed by atoms with Crippen molar-refractivity contribution in [2.45, 2.75) is 37.4 Å². The summed E-state index contributed by atoms with van der Waals surface area (Å²) in [6, 6.07) is 0. The lowest BCUT2D eigenvalue weighted by atomic mass is 9.94. The van der Waals surface area contributed by atoms with Crippen molar-refractivity contribution >= 4 is 5.97 Å². The molecule has 0 aromatic rings. The van der Waals surface area contributed by atoms with Gasteiger partial charge in [0.1, 0.15) is 0 Å². The largest absolute Gasteiger partial charge is 0.479 e. The van der Waals surface area contributed by atoms with Crippen LogP contribution in [0.15, 0.2) is 0 Å². The van der Waals surface area contributed by atoms with Gasteiger partial charge in [0.05, 0.1) is 6.10 Å². The monoisotopic (exact) mass is 185 g/mol. The van der Waals surface area contributed by atoms with Crippen molar-refractivity contribution in [2.75, 3.05) is 13.1 Å². The third-order valence-electron chi connectivity index (χ3n) is 2.65. The minimum atomic E-state index is -0.931. The lowest BCUT2D eigenvalue weighted by molar-refractivity contribution is -0.170. The van der Waals surface area contributed by atoms with E-state index in [2.05, 4.69) is 5.32 Å². The number of nitrogens with one attached hydrogen (secondary N) is 1. The molecule has 2 fully saturated rings. The topological polar surface area (TPSA) is 58.6 Å². The summed E-state index contributed by atoms with van der Waals surface area (Å²) in [5.74, 6) is -0.813. The maximum Gasteiger partial charge on any atom is 0.337 e. The molecule has 1 heterocycles. The lowest BCUT2D eigenvalue weighted by Gasteiger charge is -2.33. The molecule has 2 rings (SSSR count). The Kier molecular flexibility index (Phi) is 2.26. The Bertz CT molecular complexity index is 207. The average Bonchev–Trinajstić information content (AvgIpc) is 2.90. The van der Waals surface area contributed by atoms with Crippen molar-refractivity contribution in [2.24, 2.45) is 0 Å². The molecule has 4 heteroatoms. The summed E-state index contributed by atoms with van der Waals surface area (Å²) in [7, 11) is 0. The first-order chi connectivity index (χ1) is 6.23. The summed E-state index contributed by atoms with van der Waals surface area (Å²) in [6.07, 6.45) is 3.78. The first-order valence-corrected chi connectivity index (χ1v) is 4.85. The highest BCUT2D eigenvalue weighted by Crippen LogP contribution is 2.32. The fraction of sp³-hybridized carbons (Fsp3) is 0.889.